The number of nitrogen functional groups attached to an aromatic ring is 2. The lowest BCUT2D eigenvalue weighted by Gasteiger charge is -2.33. The van der Waals surface area contributed by atoms with E-state index in [1.807, 2.05) is 0 Å². The van der Waals surface area contributed by atoms with E-state index in [-0.39, 0.29) is 52.8 Å². The van der Waals surface area contributed by atoms with Crippen LogP contribution in [0.4, 0.5) is 11.9 Å². The predicted molar refractivity (Wildman–Crippen MR) is 146 cm³/mol. The van der Waals surface area contributed by atoms with Gasteiger partial charge in [-0.15, -0.1) is 0 Å². The summed E-state index contributed by atoms with van der Waals surface area (Å²) in [6.45, 7) is -5.31. The normalized spacial score (nSPS) is 34.9. The summed E-state index contributed by atoms with van der Waals surface area (Å²) in [5.74, 6) is -0.638. The Hall–Kier alpha value is -3.17. The number of H-pyrrole nitrogens is 2. The summed E-state index contributed by atoms with van der Waals surface area (Å²) in [4.78, 5) is 71.2. The highest BCUT2D eigenvalue weighted by molar-refractivity contribution is 8.54. The summed E-state index contributed by atoms with van der Waals surface area (Å²) in [6, 6.07) is 0. The number of nitrogens with zero attached hydrogens (tertiary/aromatic N) is 6. The zero-order valence-corrected chi connectivity index (χ0v) is 24.7. The van der Waals surface area contributed by atoms with Crippen molar-refractivity contribution in [1.29, 1.82) is 0 Å². The number of imidazole rings is 2. The molecule has 44 heavy (non-hydrogen) atoms. The Morgan fingerprint density at radius 2 is 1.36 bits per heavy atom. The van der Waals surface area contributed by atoms with Crippen molar-refractivity contribution >= 4 is 60.2 Å². The molecule has 0 amide bonds. The molecular formula is C20H22N10O11P2S-2. The van der Waals surface area contributed by atoms with Crippen molar-refractivity contribution in [2.45, 2.75) is 49.7 Å². The van der Waals surface area contributed by atoms with Crippen LogP contribution < -0.4 is 32.4 Å². The van der Waals surface area contributed by atoms with Crippen LogP contribution in [0.5, 0.6) is 0 Å². The van der Waals surface area contributed by atoms with E-state index >= 15 is 0 Å². The lowest BCUT2D eigenvalue weighted by molar-refractivity contribution is -0.234. The molecule has 21 nitrogen and oxygen atoms in total. The van der Waals surface area contributed by atoms with Gasteiger partial charge in [0.2, 0.25) is 11.9 Å². The summed E-state index contributed by atoms with van der Waals surface area (Å²) in [5, 5.41) is 0. The number of nitrogens with two attached hydrogens (primary N) is 2. The van der Waals surface area contributed by atoms with Crippen molar-refractivity contribution in [3.63, 3.8) is 0 Å². The number of aromatic amines is 2. The summed E-state index contributed by atoms with van der Waals surface area (Å²) in [7, 11) is -5.02. The number of phosphoric acid groups is 1. The molecule has 0 aliphatic carbocycles. The number of anilines is 2. The summed E-state index contributed by atoms with van der Waals surface area (Å²) in [6.07, 6.45) is -4.21. The van der Waals surface area contributed by atoms with Gasteiger partial charge in [0, 0.05) is 18.6 Å². The zero-order valence-electron chi connectivity index (χ0n) is 22.1. The van der Waals surface area contributed by atoms with Crippen LogP contribution in [0.15, 0.2) is 22.2 Å². The Morgan fingerprint density at radius 1 is 0.841 bits per heavy atom. The molecule has 0 bridgehead atoms. The van der Waals surface area contributed by atoms with Gasteiger partial charge in [-0.05, 0) is 0 Å². The van der Waals surface area contributed by atoms with Gasteiger partial charge in [0.15, 0.2) is 29.1 Å². The second kappa shape index (κ2) is 10.7. The van der Waals surface area contributed by atoms with E-state index in [1.54, 1.807) is 0 Å². The molecule has 2 unspecified atom stereocenters. The van der Waals surface area contributed by atoms with Gasteiger partial charge in [0.1, 0.15) is 18.6 Å². The van der Waals surface area contributed by atoms with E-state index in [4.69, 9.17) is 34.5 Å². The molecule has 8 atom stereocenters. The molecule has 7 heterocycles. The first-order valence-electron chi connectivity index (χ1n) is 12.9. The second-order valence-corrected chi connectivity index (χ2v) is 15.2. The highest BCUT2D eigenvalue weighted by atomic mass is 32.7. The van der Waals surface area contributed by atoms with Gasteiger partial charge < -0.3 is 44.3 Å². The molecule has 4 aromatic rings. The SMILES string of the molecule is Nc1nc2c(ncn2[C@@H]2C[C@H]3OP(=O)([O-])SC[C@H]4O[C@@H](n5cnc6c(=O)[nH]c(N)nc65)C[C@@H]4OP(=O)([O-])OC[C@@H]3O2)c(=O)[nH]1. The molecule has 7 rings (SSSR count). The third-order valence-corrected chi connectivity index (χ3v) is 11.2. The van der Waals surface area contributed by atoms with Gasteiger partial charge in [-0.1, -0.05) is 11.4 Å². The minimum Gasteiger partial charge on any atom is -0.770 e. The Kier molecular flexibility index (Phi) is 7.20. The quantitative estimate of drug-likeness (QED) is 0.175. The van der Waals surface area contributed by atoms with Crippen LogP contribution in [0.1, 0.15) is 25.3 Å². The minimum atomic E-state index is -5.02. The van der Waals surface area contributed by atoms with Crippen molar-refractivity contribution in [2.75, 3.05) is 23.8 Å². The molecule has 0 saturated carbocycles. The number of hydrogen-bond acceptors (Lipinski definition) is 18. The molecule has 236 valence electrons. The summed E-state index contributed by atoms with van der Waals surface area (Å²) in [5.41, 5.74) is 10.2. The maximum Gasteiger partial charge on any atom is 0.280 e. The van der Waals surface area contributed by atoms with Gasteiger partial charge in [-0.2, -0.15) is 9.97 Å². The van der Waals surface area contributed by atoms with Crippen LogP contribution in [0.3, 0.4) is 0 Å². The van der Waals surface area contributed by atoms with Crippen molar-refractivity contribution in [2.24, 2.45) is 0 Å². The smallest absolute Gasteiger partial charge is 0.280 e. The maximum atomic E-state index is 13.1. The monoisotopic (exact) mass is 672 g/mol. The average Bonchev–Trinajstić information content (AvgIpc) is 3.70. The van der Waals surface area contributed by atoms with Gasteiger partial charge >= 0.3 is 0 Å². The average molecular weight is 672 g/mol. The van der Waals surface area contributed by atoms with E-state index in [2.05, 4.69) is 29.9 Å². The number of rotatable bonds is 2. The third kappa shape index (κ3) is 5.47. The van der Waals surface area contributed by atoms with E-state index in [9.17, 15) is 28.5 Å². The Balaban J connectivity index is 1.13. The fraction of sp³-hybridized carbons (Fsp3) is 0.500. The number of hydrogen-bond donors (Lipinski definition) is 4. The summed E-state index contributed by atoms with van der Waals surface area (Å²) < 4.78 is 56.6. The first kappa shape index (κ1) is 29.5. The van der Waals surface area contributed by atoms with E-state index in [1.165, 1.54) is 21.8 Å². The van der Waals surface area contributed by atoms with Crippen LogP contribution in [-0.4, -0.2) is 75.8 Å². The highest BCUT2D eigenvalue weighted by Crippen LogP contribution is 2.57. The van der Waals surface area contributed by atoms with Crippen molar-refractivity contribution < 1.29 is 42.0 Å². The molecule has 3 saturated heterocycles. The van der Waals surface area contributed by atoms with Crippen molar-refractivity contribution in [3.8, 4) is 0 Å². The Labute approximate surface area is 248 Å². The largest absolute Gasteiger partial charge is 0.770 e. The molecule has 24 heteroatoms. The number of phosphoric ester groups is 1. The highest BCUT2D eigenvalue weighted by Gasteiger charge is 2.44. The van der Waals surface area contributed by atoms with Crippen LogP contribution in [0, 0.1) is 0 Å². The lowest BCUT2D eigenvalue weighted by Crippen LogP contribution is -2.33. The Bertz CT molecular complexity index is 1840. The zero-order chi connectivity index (χ0) is 31.0. The van der Waals surface area contributed by atoms with Crippen LogP contribution in [0.25, 0.3) is 22.3 Å². The number of fused-ring (bicyclic) bond motifs is 4. The minimum absolute atomic E-state index is 0.0288. The van der Waals surface area contributed by atoms with Gasteiger partial charge in [-0.3, -0.25) is 37.8 Å². The van der Waals surface area contributed by atoms with Crippen LogP contribution in [-0.2, 0) is 32.2 Å². The maximum absolute atomic E-state index is 13.1. The standard InChI is InChI=1S/C20H24N10O11P2S/c21-19-25-15-13(17(31)27-19)23-5-29(15)11-1-7-9(38-11)3-37-42(33,34)40-8-2-12(39-10(8)4-44-43(35,36)41-7)30-6-24-14-16(30)26-20(22)28-18(14)32/h5-12H,1-4H2,(H,33,34)(H,35,36)(H3,21,25,27,31)(H3,22,26,28,32)/p-2/t7-,8+,9+,10-,11+,12-/m1/s1. The molecule has 3 fully saturated rings. The lowest BCUT2D eigenvalue weighted by atomic mass is 10.2. The van der Waals surface area contributed by atoms with Crippen LogP contribution in [0.2, 0.25) is 0 Å². The van der Waals surface area contributed by atoms with E-state index in [0.29, 0.717) is 11.4 Å². The van der Waals surface area contributed by atoms with E-state index in [0.717, 1.165) is 0 Å². The first-order valence-corrected chi connectivity index (χ1v) is 17.5. The summed E-state index contributed by atoms with van der Waals surface area (Å²) >= 11 is 0.407. The Morgan fingerprint density at radius 3 is 1.93 bits per heavy atom. The molecule has 4 aromatic heterocycles. The van der Waals surface area contributed by atoms with Gasteiger partial charge in [-0.25, -0.2) is 9.97 Å². The molecule has 0 spiro atoms. The topological polar surface area (TPSA) is 306 Å². The van der Waals surface area contributed by atoms with Gasteiger partial charge in [0.05, 0.1) is 37.6 Å². The number of aromatic nitrogens is 8. The second-order valence-electron chi connectivity index (χ2n) is 10.1. The molecule has 3 aliphatic rings. The number of nitrogens with one attached hydrogen (secondary N) is 2. The fourth-order valence-corrected chi connectivity index (χ4v) is 8.98. The van der Waals surface area contributed by atoms with Crippen molar-refractivity contribution in [1.82, 2.24) is 39.0 Å². The van der Waals surface area contributed by atoms with Crippen molar-refractivity contribution in [3.05, 3.63) is 33.4 Å². The molecule has 0 radical (unpaired) electrons. The first-order chi connectivity index (χ1) is 20.9. The van der Waals surface area contributed by atoms with E-state index < -0.39 is 69.2 Å². The van der Waals surface area contributed by atoms with Gasteiger partial charge in [0.25, 0.3) is 18.9 Å². The fourth-order valence-electron chi connectivity index (χ4n) is 5.29. The molecule has 3 aliphatic heterocycles. The van der Waals surface area contributed by atoms with Crippen LogP contribution >= 0.6 is 26.0 Å². The molecule has 6 N–H and O–H groups in total. The molecular weight excluding hydrogens is 650 g/mol. The molecule has 0 aromatic carbocycles. The third-order valence-electron chi connectivity index (χ3n) is 7.21. The number of ether oxygens (including phenoxy) is 2. The predicted octanol–water partition coefficient (Wildman–Crippen LogP) is -1.54.